The third-order valence-corrected chi connectivity index (χ3v) is 6.51. The lowest BCUT2D eigenvalue weighted by atomic mass is 9.78. The van der Waals surface area contributed by atoms with E-state index in [1.165, 1.54) is 37.7 Å². The molecule has 2 unspecified atom stereocenters. The van der Waals surface area contributed by atoms with Gasteiger partial charge in [0.1, 0.15) is 0 Å². The van der Waals surface area contributed by atoms with Crippen LogP contribution in [-0.4, -0.2) is 64.7 Å². The Morgan fingerprint density at radius 2 is 1.82 bits per heavy atom. The van der Waals surface area contributed by atoms with Crippen LogP contribution in [0.4, 0.5) is 0 Å². The highest BCUT2D eigenvalue weighted by Gasteiger charge is 2.44. The molecule has 5 nitrogen and oxygen atoms in total. The van der Waals surface area contributed by atoms with E-state index < -0.39 is 0 Å². The molecule has 158 valence electrons. The van der Waals surface area contributed by atoms with Gasteiger partial charge in [-0.1, -0.05) is 49.6 Å². The number of nitrogens with zero attached hydrogens (tertiary/aromatic N) is 2. The van der Waals surface area contributed by atoms with Crippen molar-refractivity contribution in [3.63, 3.8) is 0 Å². The molecule has 0 aromatic heterocycles. The van der Waals surface area contributed by atoms with Gasteiger partial charge in [0.2, 0.25) is 5.91 Å². The number of β-amino-alcohol motifs (C(OH)–C–C–N with tert-alkyl or cyclic N) is 1. The highest BCUT2D eigenvalue weighted by atomic mass is 35.5. The van der Waals surface area contributed by atoms with Crippen molar-refractivity contribution in [2.75, 3.05) is 26.2 Å². The lowest BCUT2D eigenvalue weighted by Gasteiger charge is -2.53. The molecule has 1 aromatic rings. The van der Waals surface area contributed by atoms with E-state index in [-0.39, 0.29) is 48.4 Å². The lowest BCUT2D eigenvalue weighted by Crippen LogP contribution is -2.64. The summed E-state index contributed by atoms with van der Waals surface area (Å²) in [6.45, 7) is 4.09. The van der Waals surface area contributed by atoms with Gasteiger partial charge in [-0.3, -0.25) is 9.69 Å². The van der Waals surface area contributed by atoms with Gasteiger partial charge in [0.25, 0.3) is 0 Å². The Morgan fingerprint density at radius 1 is 1.11 bits per heavy atom. The third-order valence-electron chi connectivity index (χ3n) is 6.51. The summed E-state index contributed by atoms with van der Waals surface area (Å²) >= 11 is 0. The molecular weight excluding hydrogens is 397 g/mol. The first-order valence-electron chi connectivity index (χ1n) is 10.2. The van der Waals surface area contributed by atoms with Gasteiger partial charge < -0.3 is 15.3 Å². The first-order valence-corrected chi connectivity index (χ1v) is 10.2. The standard InChI is InChI=1S/C21H31N3O2.2ClH/c25-18-13-19(22-14-18)20(26)23-11-12-24(15-17-7-3-1-4-8-17)21(16-23)9-5-2-6-10-21;;/h1,3-4,7-8,18-19,22,25H,2,5-6,9-16H2;2*1H. The molecular formula is C21H33Cl2N3O2. The topological polar surface area (TPSA) is 55.8 Å². The van der Waals surface area contributed by atoms with Crippen LogP contribution in [0.15, 0.2) is 30.3 Å². The number of aliphatic hydroxyl groups is 1. The summed E-state index contributed by atoms with van der Waals surface area (Å²) in [5.74, 6) is 0.186. The molecule has 0 bridgehead atoms. The normalized spacial score (nSPS) is 27.1. The molecule has 1 spiro atoms. The molecule has 1 aliphatic carbocycles. The van der Waals surface area contributed by atoms with Crippen LogP contribution in [0.2, 0.25) is 0 Å². The fourth-order valence-electron chi connectivity index (χ4n) is 5.06. The number of rotatable bonds is 3. The predicted molar refractivity (Wildman–Crippen MR) is 116 cm³/mol. The van der Waals surface area contributed by atoms with Gasteiger partial charge >= 0.3 is 0 Å². The average molecular weight is 430 g/mol. The zero-order chi connectivity index (χ0) is 18.0. The Morgan fingerprint density at radius 3 is 2.46 bits per heavy atom. The number of benzene rings is 1. The Bertz CT molecular complexity index is 625. The van der Waals surface area contributed by atoms with Crippen molar-refractivity contribution in [3.05, 3.63) is 35.9 Å². The third kappa shape index (κ3) is 5.00. The molecule has 3 fully saturated rings. The SMILES string of the molecule is Cl.Cl.O=C(C1CC(O)CN1)N1CCN(Cc2ccccc2)C2(CCCCC2)C1. The van der Waals surface area contributed by atoms with Crippen LogP contribution in [0.1, 0.15) is 44.1 Å². The average Bonchev–Trinajstić information content (AvgIpc) is 3.11. The zero-order valence-corrected chi connectivity index (χ0v) is 18.0. The van der Waals surface area contributed by atoms with E-state index in [1.807, 2.05) is 0 Å². The fraction of sp³-hybridized carbons (Fsp3) is 0.667. The minimum Gasteiger partial charge on any atom is -0.392 e. The van der Waals surface area contributed by atoms with E-state index in [0.717, 1.165) is 26.2 Å². The molecule has 4 rings (SSSR count). The van der Waals surface area contributed by atoms with Gasteiger partial charge in [-0.05, 0) is 24.8 Å². The van der Waals surface area contributed by atoms with Crippen LogP contribution in [0.5, 0.6) is 0 Å². The van der Waals surface area contributed by atoms with Gasteiger partial charge in [-0.2, -0.15) is 0 Å². The molecule has 7 heteroatoms. The molecule has 3 aliphatic rings. The van der Waals surface area contributed by atoms with Crippen LogP contribution < -0.4 is 5.32 Å². The van der Waals surface area contributed by atoms with Crippen molar-refractivity contribution >= 4 is 30.7 Å². The smallest absolute Gasteiger partial charge is 0.239 e. The minimum atomic E-state index is -0.382. The summed E-state index contributed by atoms with van der Waals surface area (Å²) in [5, 5.41) is 12.9. The van der Waals surface area contributed by atoms with Crippen molar-refractivity contribution < 1.29 is 9.90 Å². The number of hydrogen-bond donors (Lipinski definition) is 2. The Balaban J connectivity index is 0.00000140. The molecule has 28 heavy (non-hydrogen) atoms. The second kappa shape index (κ2) is 10.3. The van der Waals surface area contributed by atoms with E-state index in [2.05, 4.69) is 45.4 Å². The summed E-state index contributed by atoms with van der Waals surface area (Å²) in [6.07, 6.45) is 6.36. The summed E-state index contributed by atoms with van der Waals surface area (Å²) < 4.78 is 0. The Kier molecular flexibility index (Phi) is 8.59. The summed E-state index contributed by atoms with van der Waals surface area (Å²) in [4.78, 5) is 17.7. The molecule has 2 saturated heterocycles. The Hall–Kier alpha value is -0.850. The van der Waals surface area contributed by atoms with Crippen molar-refractivity contribution in [2.45, 2.75) is 62.8 Å². The van der Waals surface area contributed by atoms with Crippen LogP contribution in [0, 0.1) is 0 Å². The summed E-state index contributed by atoms with van der Waals surface area (Å²) in [7, 11) is 0. The van der Waals surface area contributed by atoms with E-state index >= 15 is 0 Å². The lowest BCUT2D eigenvalue weighted by molar-refractivity contribution is -0.140. The Labute approximate surface area is 180 Å². The number of hydrogen-bond acceptors (Lipinski definition) is 4. The number of amides is 1. The number of aliphatic hydroxyl groups excluding tert-OH is 1. The summed E-state index contributed by atoms with van der Waals surface area (Å²) in [6, 6.07) is 10.5. The molecule has 2 heterocycles. The number of carbonyl (C=O) groups is 1. The highest BCUT2D eigenvalue weighted by Crippen LogP contribution is 2.37. The first kappa shape index (κ1) is 23.4. The quantitative estimate of drug-likeness (QED) is 0.774. The number of piperazine rings is 1. The number of nitrogens with one attached hydrogen (secondary N) is 1. The predicted octanol–water partition coefficient (Wildman–Crippen LogP) is 2.60. The first-order chi connectivity index (χ1) is 12.7. The monoisotopic (exact) mass is 429 g/mol. The van der Waals surface area contributed by atoms with Crippen LogP contribution in [0.25, 0.3) is 0 Å². The maximum Gasteiger partial charge on any atom is 0.239 e. The van der Waals surface area contributed by atoms with Crippen LogP contribution >= 0.6 is 24.8 Å². The molecule has 2 aliphatic heterocycles. The maximum atomic E-state index is 13.0. The number of halogens is 2. The molecule has 2 atom stereocenters. The van der Waals surface area contributed by atoms with Crippen molar-refractivity contribution in [2.24, 2.45) is 0 Å². The second-order valence-electron chi connectivity index (χ2n) is 8.30. The molecule has 2 N–H and O–H groups in total. The van der Waals surface area contributed by atoms with Gasteiger partial charge in [0.15, 0.2) is 0 Å². The van der Waals surface area contributed by atoms with E-state index in [9.17, 15) is 9.90 Å². The van der Waals surface area contributed by atoms with E-state index in [1.54, 1.807) is 0 Å². The zero-order valence-electron chi connectivity index (χ0n) is 16.4. The van der Waals surface area contributed by atoms with Gasteiger partial charge in [0.05, 0.1) is 12.1 Å². The van der Waals surface area contributed by atoms with Crippen molar-refractivity contribution in [1.82, 2.24) is 15.1 Å². The molecule has 1 saturated carbocycles. The van der Waals surface area contributed by atoms with Crippen molar-refractivity contribution in [1.29, 1.82) is 0 Å². The minimum absolute atomic E-state index is 0. The van der Waals surface area contributed by atoms with Crippen molar-refractivity contribution in [3.8, 4) is 0 Å². The second-order valence-corrected chi connectivity index (χ2v) is 8.30. The number of carbonyl (C=O) groups excluding carboxylic acids is 1. The van der Waals surface area contributed by atoms with Gasteiger partial charge in [-0.15, -0.1) is 24.8 Å². The van der Waals surface area contributed by atoms with Gasteiger partial charge in [0, 0.05) is 38.3 Å². The molecule has 1 amide bonds. The molecule has 0 radical (unpaired) electrons. The largest absolute Gasteiger partial charge is 0.392 e. The summed E-state index contributed by atoms with van der Waals surface area (Å²) in [5.41, 5.74) is 1.48. The van der Waals surface area contributed by atoms with Gasteiger partial charge in [-0.25, -0.2) is 0 Å². The molecule has 1 aromatic carbocycles. The van der Waals surface area contributed by atoms with Crippen LogP contribution in [0.3, 0.4) is 0 Å². The van der Waals surface area contributed by atoms with E-state index in [0.29, 0.717) is 13.0 Å². The van der Waals surface area contributed by atoms with Crippen LogP contribution in [-0.2, 0) is 11.3 Å². The van der Waals surface area contributed by atoms with E-state index in [4.69, 9.17) is 0 Å². The highest BCUT2D eigenvalue weighted by molar-refractivity contribution is 5.85. The maximum absolute atomic E-state index is 13.0. The fourth-order valence-corrected chi connectivity index (χ4v) is 5.06.